The van der Waals surface area contributed by atoms with E-state index in [0.29, 0.717) is 40.3 Å². The smallest absolute Gasteiger partial charge is 0.283 e. The third-order valence-corrected chi connectivity index (χ3v) is 8.16. The van der Waals surface area contributed by atoms with Crippen LogP contribution in [0, 0.1) is 0 Å². The van der Waals surface area contributed by atoms with Crippen molar-refractivity contribution in [1.82, 2.24) is 24.2 Å². The van der Waals surface area contributed by atoms with Crippen LogP contribution in [0.5, 0.6) is 0 Å². The van der Waals surface area contributed by atoms with Gasteiger partial charge in [0.1, 0.15) is 12.1 Å². The van der Waals surface area contributed by atoms with E-state index in [2.05, 4.69) is 15.2 Å². The number of pyridine rings is 2. The average Bonchev–Trinajstić information content (AvgIpc) is 3.75. The molecule has 0 saturated carbocycles. The van der Waals surface area contributed by atoms with Crippen LogP contribution in [0.15, 0.2) is 82.7 Å². The van der Waals surface area contributed by atoms with Gasteiger partial charge in [-0.1, -0.05) is 18.0 Å². The van der Waals surface area contributed by atoms with Gasteiger partial charge in [0.25, 0.3) is 11.5 Å². The fourth-order valence-corrected chi connectivity index (χ4v) is 5.99. The first kappa shape index (κ1) is 26.2. The lowest BCUT2D eigenvalue weighted by atomic mass is 10.0. The Hall–Kier alpha value is -3.99. The lowest BCUT2D eigenvalue weighted by molar-refractivity contribution is 0.0947. The van der Waals surface area contributed by atoms with Gasteiger partial charge in [-0.15, -0.1) is 11.3 Å². The van der Waals surface area contributed by atoms with E-state index in [0.717, 1.165) is 41.9 Å². The molecular weight excluding hydrogens is 548 g/mol. The Kier molecular flexibility index (Phi) is 7.63. The Balaban J connectivity index is 1.46. The standard InChI is InChI=1S/C29H27ClN6O3S/c30-25-8-6-22(40-25)17-32-26-15-24(33-36(26)29(38)21-10-14-39-18-21)23-7-9-27(37)35(19-34-12-2-1-3-13-34)28(23)20-5-4-11-31-16-20/h4-11,14-16,18,32H,1-3,12-13,17,19H2. The zero-order chi connectivity index (χ0) is 27.5. The van der Waals surface area contributed by atoms with Gasteiger partial charge in [0.05, 0.1) is 40.8 Å². The predicted molar refractivity (Wildman–Crippen MR) is 156 cm³/mol. The van der Waals surface area contributed by atoms with E-state index < -0.39 is 0 Å². The van der Waals surface area contributed by atoms with Crippen LogP contribution in [0.25, 0.3) is 22.5 Å². The van der Waals surface area contributed by atoms with E-state index in [1.807, 2.05) is 30.3 Å². The van der Waals surface area contributed by atoms with E-state index in [9.17, 15) is 9.59 Å². The molecule has 0 amide bonds. The lowest BCUT2D eigenvalue weighted by Crippen LogP contribution is -2.36. The minimum atomic E-state index is -0.337. The van der Waals surface area contributed by atoms with E-state index in [4.69, 9.17) is 21.1 Å². The summed E-state index contributed by atoms with van der Waals surface area (Å²) in [6.45, 7) is 2.82. The second kappa shape index (κ2) is 11.6. The molecule has 1 aliphatic heterocycles. The maximum atomic E-state index is 13.4. The molecule has 0 aliphatic carbocycles. The fraction of sp³-hybridized carbons (Fsp3) is 0.241. The molecule has 0 radical (unpaired) electrons. The van der Waals surface area contributed by atoms with Gasteiger partial charge in [-0.2, -0.15) is 9.78 Å². The van der Waals surface area contributed by atoms with Crippen molar-refractivity contribution in [1.29, 1.82) is 0 Å². The van der Waals surface area contributed by atoms with Crippen molar-refractivity contribution in [3.63, 3.8) is 0 Å². The zero-order valence-corrected chi connectivity index (χ0v) is 23.2. The predicted octanol–water partition coefficient (Wildman–Crippen LogP) is 5.83. The maximum absolute atomic E-state index is 13.4. The third kappa shape index (κ3) is 5.51. The average molecular weight is 575 g/mol. The van der Waals surface area contributed by atoms with Crippen molar-refractivity contribution in [2.75, 3.05) is 18.4 Å². The number of anilines is 1. The van der Waals surface area contributed by atoms with Gasteiger partial charge < -0.3 is 9.73 Å². The summed E-state index contributed by atoms with van der Waals surface area (Å²) >= 11 is 7.59. The Morgan fingerprint density at radius 1 is 1.10 bits per heavy atom. The van der Waals surface area contributed by atoms with Crippen LogP contribution in [0.3, 0.4) is 0 Å². The molecule has 204 valence electrons. The number of halogens is 1. The monoisotopic (exact) mass is 574 g/mol. The summed E-state index contributed by atoms with van der Waals surface area (Å²) in [4.78, 5) is 34.3. The van der Waals surface area contributed by atoms with Gasteiger partial charge in [0, 0.05) is 40.5 Å². The van der Waals surface area contributed by atoms with E-state index in [1.54, 1.807) is 35.2 Å². The Labute approximate surface area is 239 Å². The maximum Gasteiger partial charge on any atom is 0.283 e. The fourth-order valence-electron chi connectivity index (χ4n) is 4.97. The molecule has 0 aromatic carbocycles. The largest absolute Gasteiger partial charge is 0.472 e. The molecule has 0 spiro atoms. The number of aromatic nitrogens is 4. The Morgan fingerprint density at radius 3 is 2.70 bits per heavy atom. The van der Waals surface area contributed by atoms with Crippen molar-refractivity contribution in [3.05, 3.63) is 98.6 Å². The number of hydrogen-bond acceptors (Lipinski definition) is 8. The van der Waals surface area contributed by atoms with E-state index >= 15 is 0 Å². The van der Waals surface area contributed by atoms with Crippen LogP contribution in [-0.2, 0) is 13.2 Å². The first-order chi connectivity index (χ1) is 19.6. The second-order valence-corrected chi connectivity index (χ2v) is 11.4. The number of hydrogen-bond donors (Lipinski definition) is 1. The number of nitrogens with zero attached hydrogens (tertiary/aromatic N) is 5. The highest BCUT2D eigenvalue weighted by molar-refractivity contribution is 7.16. The van der Waals surface area contributed by atoms with Crippen molar-refractivity contribution in [3.8, 4) is 22.5 Å². The number of furan rings is 1. The molecule has 6 heterocycles. The van der Waals surface area contributed by atoms with Crippen LogP contribution in [0.2, 0.25) is 4.34 Å². The molecule has 0 unspecified atom stereocenters. The summed E-state index contributed by atoms with van der Waals surface area (Å²) in [5.74, 6) is 0.174. The van der Waals surface area contributed by atoms with Crippen LogP contribution in [-0.4, -0.2) is 43.2 Å². The number of likely N-dealkylation sites (tertiary alicyclic amines) is 1. The number of rotatable bonds is 8. The minimum absolute atomic E-state index is 0.102. The van der Waals surface area contributed by atoms with E-state index in [-0.39, 0.29) is 11.5 Å². The highest BCUT2D eigenvalue weighted by Gasteiger charge is 2.23. The molecule has 5 aromatic rings. The number of nitrogens with one attached hydrogen (secondary N) is 1. The number of carbonyl (C=O) groups is 1. The lowest BCUT2D eigenvalue weighted by Gasteiger charge is -2.28. The van der Waals surface area contributed by atoms with Crippen molar-refractivity contribution in [2.45, 2.75) is 32.5 Å². The molecule has 5 aromatic heterocycles. The second-order valence-electron chi connectivity index (χ2n) is 9.63. The number of thiophene rings is 1. The highest BCUT2D eigenvalue weighted by atomic mass is 35.5. The molecule has 40 heavy (non-hydrogen) atoms. The molecule has 1 aliphatic rings. The van der Waals surface area contributed by atoms with Crippen LogP contribution >= 0.6 is 22.9 Å². The first-order valence-corrected chi connectivity index (χ1v) is 14.3. The molecule has 1 saturated heterocycles. The molecule has 9 nitrogen and oxygen atoms in total. The molecule has 0 atom stereocenters. The zero-order valence-electron chi connectivity index (χ0n) is 21.6. The summed E-state index contributed by atoms with van der Waals surface area (Å²) in [5, 5.41) is 8.09. The molecule has 11 heteroatoms. The summed E-state index contributed by atoms with van der Waals surface area (Å²) < 4.78 is 8.97. The first-order valence-electron chi connectivity index (χ1n) is 13.1. The van der Waals surface area contributed by atoms with Crippen molar-refractivity contribution >= 4 is 34.7 Å². The van der Waals surface area contributed by atoms with Gasteiger partial charge in [0.15, 0.2) is 0 Å². The van der Waals surface area contributed by atoms with Crippen LogP contribution in [0.4, 0.5) is 5.82 Å². The van der Waals surface area contributed by atoms with Crippen LogP contribution < -0.4 is 10.9 Å². The highest BCUT2D eigenvalue weighted by Crippen LogP contribution is 2.33. The Bertz CT molecular complexity index is 1670. The molecule has 1 fully saturated rings. The third-order valence-electron chi connectivity index (χ3n) is 6.93. The van der Waals surface area contributed by atoms with E-state index in [1.165, 1.54) is 35.0 Å². The topological polar surface area (TPSA) is 98.2 Å². The molecule has 0 bridgehead atoms. The molecule has 6 rings (SSSR count). The van der Waals surface area contributed by atoms with Gasteiger partial charge in [-0.25, -0.2) is 0 Å². The SMILES string of the molecule is O=C(c1ccoc1)n1nc(-c2ccc(=O)n(CN3CCCCC3)c2-c2cccnc2)cc1NCc1ccc(Cl)s1. The summed E-state index contributed by atoms with van der Waals surface area (Å²) in [5.41, 5.74) is 3.06. The van der Waals surface area contributed by atoms with Crippen LogP contribution in [0.1, 0.15) is 34.5 Å². The molecular formula is C29H27ClN6O3S. The summed E-state index contributed by atoms with van der Waals surface area (Å²) in [6.07, 6.45) is 9.73. The summed E-state index contributed by atoms with van der Waals surface area (Å²) in [6, 6.07) is 14.3. The quantitative estimate of drug-likeness (QED) is 0.249. The van der Waals surface area contributed by atoms with Gasteiger partial charge in [-0.05, 0) is 62.3 Å². The van der Waals surface area contributed by atoms with Gasteiger partial charge >= 0.3 is 0 Å². The Morgan fingerprint density at radius 2 is 1.98 bits per heavy atom. The summed E-state index contributed by atoms with van der Waals surface area (Å²) in [7, 11) is 0. The molecule has 1 N–H and O–H groups in total. The minimum Gasteiger partial charge on any atom is -0.472 e. The van der Waals surface area contributed by atoms with Crippen molar-refractivity contribution in [2.24, 2.45) is 0 Å². The number of piperidine rings is 1. The van der Waals surface area contributed by atoms with Gasteiger partial charge in [0.2, 0.25) is 0 Å². The van der Waals surface area contributed by atoms with Crippen molar-refractivity contribution < 1.29 is 9.21 Å². The number of carbonyl (C=O) groups excluding carboxylic acids is 1. The van der Waals surface area contributed by atoms with Gasteiger partial charge in [-0.3, -0.25) is 24.0 Å². The normalized spacial score (nSPS) is 13.9.